The first kappa shape index (κ1) is 20.6. The smallest absolute Gasteiger partial charge is 0.323 e. The number of hydrogen-bond donors (Lipinski definition) is 0. The molecular weight excluding hydrogens is 416 g/mol. The van der Waals surface area contributed by atoms with Gasteiger partial charge in [0.05, 0.1) is 17.1 Å². The van der Waals surface area contributed by atoms with Gasteiger partial charge in [-0.1, -0.05) is 18.2 Å². The predicted molar refractivity (Wildman–Crippen MR) is 117 cm³/mol. The molecule has 1 saturated heterocycles. The minimum Gasteiger partial charge on any atom is -0.323 e. The van der Waals surface area contributed by atoms with E-state index in [-0.39, 0.29) is 29.7 Å². The number of hydrazone groups is 1. The highest BCUT2D eigenvalue weighted by Gasteiger charge is 2.45. The lowest BCUT2D eigenvalue weighted by Gasteiger charge is -2.36. The molecule has 2 aromatic carbocycles. The van der Waals surface area contributed by atoms with E-state index in [1.807, 2.05) is 13.1 Å². The Labute approximate surface area is 184 Å². The van der Waals surface area contributed by atoms with Crippen LogP contribution >= 0.6 is 0 Å². The third kappa shape index (κ3) is 3.42. The number of benzene rings is 2. The van der Waals surface area contributed by atoms with E-state index in [1.165, 1.54) is 9.91 Å². The lowest BCUT2D eigenvalue weighted by Crippen LogP contribution is -2.51. The molecule has 3 amide bonds. The van der Waals surface area contributed by atoms with Gasteiger partial charge >= 0.3 is 6.03 Å². The number of carbonyl (C=O) groups excluding carboxylic acids is 2. The molecule has 9 heteroatoms. The molecule has 3 aliphatic heterocycles. The molecule has 0 bridgehead atoms. The van der Waals surface area contributed by atoms with Crippen molar-refractivity contribution < 1.29 is 18.4 Å². The summed E-state index contributed by atoms with van der Waals surface area (Å²) in [7, 11) is 2.00. The number of halogens is 2. The zero-order valence-electron chi connectivity index (χ0n) is 17.7. The molecule has 0 radical (unpaired) electrons. The lowest BCUT2D eigenvalue weighted by molar-refractivity contribution is -0.119. The summed E-state index contributed by atoms with van der Waals surface area (Å²) in [4.78, 5) is 32.0. The maximum absolute atomic E-state index is 14.2. The zero-order chi connectivity index (χ0) is 22.4. The average Bonchev–Trinajstić information content (AvgIpc) is 2.97. The summed E-state index contributed by atoms with van der Waals surface area (Å²) < 4.78 is 28.4. The van der Waals surface area contributed by atoms with Crippen LogP contribution in [-0.2, 0) is 4.79 Å². The summed E-state index contributed by atoms with van der Waals surface area (Å²) in [5.41, 5.74) is 1.45. The Balaban J connectivity index is 1.54. The molecule has 0 aromatic heterocycles. The number of hydrogen-bond acceptors (Lipinski definition) is 4. The highest BCUT2D eigenvalue weighted by molar-refractivity contribution is 6.26. The van der Waals surface area contributed by atoms with Crippen molar-refractivity contribution in [2.45, 2.75) is 6.42 Å². The van der Waals surface area contributed by atoms with Crippen LogP contribution in [0.25, 0.3) is 0 Å². The Morgan fingerprint density at radius 3 is 2.56 bits per heavy atom. The lowest BCUT2D eigenvalue weighted by atomic mass is 9.90. The Kier molecular flexibility index (Phi) is 5.13. The number of para-hydroxylation sites is 1. The Bertz CT molecular complexity index is 1110. The Morgan fingerprint density at radius 2 is 1.78 bits per heavy atom. The zero-order valence-corrected chi connectivity index (χ0v) is 17.7. The van der Waals surface area contributed by atoms with E-state index in [0.717, 1.165) is 31.6 Å². The van der Waals surface area contributed by atoms with Crippen molar-refractivity contribution in [3.8, 4) is 0 Å². The van der Waals surface area contributed by atoms with Crippen molar-refractivity contribution in [1.82, 2.24) is 9.80 Å². The number of amides is 3. The molecule has 0 N–H and O–H groups in total. The fourth-order valence-corrected chi connectivity index (χ4v) is 4.49. The molecule has 3 heterocycles. The number of rotatable bonds is 1. The van der Waals surface area contributed by atoms with Gasteiger partial charge in [0.2, 0.25) is 0 Å². The Hall–Kier alpha value is -3.33. The van der Waals surface area contributed by atoms with E-state index in [9.17, 15) is 18.4 Å². The van der Waals surface area contributed by atoms with Crippen molar-refractivity contribution in [3.05, 3.63) is 59.7 Å². The van der Waals surface area contributed by atoms with Crippen LogP contribution in [-0.4, -0.2) is 67.2 Å². The monoisotopic (exact) mass is 439 g/mol. The first-order valence-corrected chi connectivity index (χ1v) is 10.7. The second kappa shape index (κ2) is 7.98. The molecule has 5 rings (SSSR count). The van der Waals surface area contributed by atoms with Gasteiger partial charge in [-0.15, -0.1) is 0 Å². The van der Waals surface area contributed by atoms with E-state index in [4.69, 9.17) is 0 Å². The summed E-state index contributed by atoms with van der Waals surface area (Å²) in [6.45, 7) is 2.73. The van der Waals surface area contributed by atoms with Gasteiger partial charge in [-0.3, -0.25) is 9.69 Å². The molecule has 0 saturated carbocycles. The topological polar surface area (TPSA) is 59.5 Å². The minimum absolute atomic E-state index is 0.0320. The summed E-state index contributed by atoms with van der Waals surface area (Å²) in [5, 5.41) is 5.74. The van der Waals surface area contributed by atoms with E-state index in [0.29, 0.717) is 24.5 Å². The number of urea groups is 1. The largest absolute Gasteiger partial charge is 0.324 e. The van der Waals surface area contributed by atoms with E-state index >= 15 is 0 Å². The number of anilines is 2. The van der Waals surface area contributed by atoms with Gasteiger partial charge < -0.3 is 9.80 Å². The normalized spacial score (nSPS) is 21.2. The third-order valence-corrected chi connectivity index (χ3v) is 6.24. The number of fused-ring (bicyclic) bond motifs is 3. The number of carbonyl (C=O) groups is 2. The first-order valence-electron chi connectivity index (χ1n) is 10.7. The van der Waals surface area contributed by atoms with Crippen LogP contribution in [0.4, 0.5) is 25.0 Å². The molecule has 1 unspecified atom stereocenters. The van der Waals surface area contributed by atoms with Crippen molar-refractivity contribution in [3.63, 3.8) is 0 Å². The molecule has 3 aliphatic rings. The van der Waals surface area contributed by atoms with Gasteiger partial charge in [-0.2, -0.15) is 10.1 Å². The highest BCUT2D eigenvalue weighted by atomic mass is 19.2. The van der Waals surface area contributed by atoms with Crippen molar-refractivity contribution in [2.75, 3.05) is 49.7 Å². The standard InChI is InChI=1S/C23H23F2N5O2/c1-27-8-5-9-28(11-10-27)23(32)29-14-17-21(16-12-18(24)19(25)13-20(16)29)26-30(22(17)31)15-6-3-2-4-7-15/h2-4,6-7,12-13,17H,5,8-11,14H2,1H3. The predicted octanol–water partition coefficient (Wildman–Crippen LogP) is 2.91. The highest BCUT2D eigenvalue weighted by Crippen LogP contribution is 2.37. The van der Waals surface area contributed by atoms with Gasteiger partial charge in [-0.25, -0.2) is 13.6 Å². The van der Waals surface area contributed by atoms with Crippen molar-refractivity contribution in [2.24, 2.45) is 11.0 Å². The molecule has 0 aliphatic carbocycles. The van der Waals surface area contributed by atoms with E-state index in [1.54, 1.807) is 29.2 Å². The van der Waals surface area contributed by atoms with Crippen LogP contribution in [0.3, 0.4) is 0 Å². The van der Waals surface area contributed by atoms with Gasteiger partial charge in [0.1, 0.15) is 5.92 Å². The van der Waals surface area contributed by atoms with Gasteiger partial charge in [0.25, 0.3) is 5.91 Å². The van der Waals surface area contributed by atoms with Gasteiger partial charge in [0.15, 0.2) is 11.6 Å². The summed E-state index contributed by atoms with van der Waals surface area (Å²) in [6, 6.07) is 10.7. The molecule has 7 nitrogen and oxygen atoms in total. The molecule has 2 aromatic rings. The summed E-state index contributed by atoms with van der Waals surface area (Å²) in [6.07, 6.45) is 0.817. The maximum atomic E-state index is 14.2. The molecule has 0 spiro atoms. The fourth-order valence-electron chi connectivity index (χ4n) is 4.49. The molecule has 32 heavy (non-hydrogen) atoms. The molecule has 1 atom stereocenters. The maximum Gasteiger partial charge on any atom is 0.324 e. The summed E-state index contributed by atoms with van der Waals surface area (Å²) >= 11 is 0. The van der Waals surface area contributed by atoms with Crippen LogP contribution in [0.5, 0.6) is 0 Å². The minimum atomic E-state index is -1.04. The van der Waals surface area contributed by atoms with Gasteiger partial charge in [-0.05, 0) is 38.2 Å². The SMILES string of the molecule is CN1CCCN(C(=O)N2CC3C(=O)N(c4ccccc4)N=C3c3cc(F)c(F)cc32)CC1. The second-order valence-corrected chi connectivity index (χ2v) is 8.34. The van der Waals surface area contributed by atoms with Crippen LogP contribution < -0.4 is 9.91 Å². The van der Waals surface area contributed by atoms with Crippen molar-refractivity contribution >= 4 is 29.0 Å². The number of nitrogens with zero attached hydrogens (tertiary/aromatic N) is 5. The first-order chi connectivity index (χ1) is 15.4. The van der Waals surface area contributed by atoms with Crippen LogP contribution in [0.1, 0.15) is 12.0 Å². The van der Waals surface area contributed by atoms with Crippen LogP contribution in [0, 0.1) is 17.6 Å². The van der Waals surface area contributed by atoms with Crippen LogP contribution in [0.2, 0.25) is 0 Å². The molecule has 166 valence electrons. The van der Waals surface area contributed by atoms with E-state index < -0.39 is 17.6 Å². The van der Waals surface area contributed by atoms with Crippen LogP contribution in [0.15, 0.2) is 47.6 Å². The average molecular weight is 439 g/mol. The fraction of sp³-hybridized carbons (Fsp3) is 0.348. The quantitative estimate of drug-likeness (QED) is 0.687. The number of likely N-dealkylation sites (N-methyl/N-ethyl adjacent to an activating group) is 1. The van der Waals surface area contributed by atoms with Crippen molar-refractivity contribution in [1.29, 1.82) is 0 Å². The molecular formula is C23H23F2N5O2. The van der Waals surface area contributed by atoms with E-state index in [2.05, 4.69) is 10.0 Å². The third-order valence-electron chi connectivity index (χ3n) is 6.24. The molecule has 1 fully saturated rings. The summed E-state index contributed by atoms with van der Waals surface area (Å²) in [5.74, 6) is -3.12. The Morgan fingerprint density at radius 1 is 1.03 bits per heavy atom. The van der Waals surface area contributed by atoms with Gasteiger partial charge in [0, 0.05) is 37.8 Å². The second-order valence-electron chi connectivity index (χ2n) is 8.34.